The van der Waals surface area contributed by atoms with E-state index < -0.39 is 0 Å². The molecule has 0 aromatic heterocycles. The molecule has 0 unspecified atom stereocenters. The first-order valence-electron chi connectivity index (χ1n) is 6.66. The zero-order valence-corrected chi connectivity index (χ0v) is 11.7. The number of benzene rings is 2. The Morgan fingerprint density at radius 1 is 1.19 bits per heavy atom. The molecular weight excluding hydrogens is 268 g/mol. The zero-order valence-electron chi connectivity index (χ0n) is 11.7. The standard InChI is InChI=1S/C16H16N2O3/c1-10-2-4-12(17)7-13(10)16(19)18-8-11-3-5-14-15(6-11)21-9-20-14/h2-7H,8-9,17H2,1H3,(H,18,19). The maximum atomic E-state index is 12.2. The molecule has 3 N–H and O–H groups in total. The summed E-state index contributed by atoms with van der Waals surface area (Å²) < 4.78 is 10.6. The fourth-order valence-electron chi connectivity index (χ4n) is 2.21. The van der Waals surface area contributed by atoms with E-state index in [1.165, 1.54) is 0 Å². The number of hydrogen-bond donors (Lipinski definition) is 2. The fourth-order valence-corrected chi connectivity index (χ4v) is 2.21. The normalized spacial score (nSPS) is 12.2. The number of amides is 1. The Morgan fingerprint density at radius 3 is 2.86 bits per heavy atom. The summed E-state index contributed by atoms with van der Waals surface area (Å²) in [6, 6.07) is 10.9. The second-order valence-corrected chi connectivity index (χ2v) is 4.94. The summed E-state index contributed by atoms with van der Waals surface area (Å²) in [5.41, 5.74) is 8.74. The lowest BCUT2D eigenvalue weighted by Crippen LogP contribution is -2.23. The van der Waals surface area contributed by atoms with Gasteiger partial charge in [0.05, 0.1) is 0 Å². The van der Waals surface area contributed by atoms with E-state index in [1.54, 1.807) is 12.1 Å². The molecule has 5 heteroatoms. The molecule has 2 aromatic rings. The van der Waals surface area contributed by atoms with Crippen molar-refractivity contribution in [2.24, 2.45) is 0 Å². The second-order valence-electron chi connectivity index (χ2n) is 4.94. The molecule has 108 valence electrons. The van der Waals surface area contributed by atoms with Gasteiger partial charge in [0.1, 0.15) is 0 Å². The number of anilines is 1. The van der Waals surface area contributed by atoms with Gasteiger partial charge in [-0.25, -0.2) is 0 Å². The summed E-state index contributed by atoms with van der Waals surface area (Å²) in [7, 11) is 0. The van der Waals surface area contributed by atoms with E-state index in [1.807, 2.05) is 31.2 Å². The first kappa shape index (κ1) is 13.3. The first-order chi connectivity index (χ1) is 10.1. The number of aryl methyl sites for hydroxylation is 1. The quantitative estimate of drug-likeness (QED) is 0.848. The average molecular weight is 284 g/mol. The van der Waals surface area contributed by atoms with E-state index in [9.17, 15) is 4.79 Å². The van der Waals surface area contributed by atoms with Crippen molar-refractivity contribution in [2.75, 3.05) is 12.5 Å². The zero-order chi connectivity index (χ0) is 14.8. The van der Waals surface area contributed by atoms with Crippen molar-refractivity contribution in [3.63, 3.8) is 0 Å². The number of rotatable bonds is 3. The number of hydrogen-bond acceptors (Lipinski definition) is 4. The third-order valence-corrected chi connectivity index (χ3v) is 3.40. The Kier molecular flexibility index (Phi) is 3.39. The van der Waals surface area contributed by atoms with Crippen molar-refractivity contribution in [2.45, 2.75) is 13.5 Å². The number of fused-ring (bicyclic) bond motifs is 1. The molecule has 1 aliphatic heterocycles. The molecule has 1 aliphatic rings. The summed E-state index contributed by atoms with van der Waals surface area (Å²) in [4.78, 5) is 12.2. The molecule has 21 heavy (non-hydrogen) atoms. The van der Waals surface area contributed by atoms with Crippen LogP contribution in [0, 0.1) is 6.92 Å². The number of carbonyl (C=O) groups excluding carboxylic acids is 1. The van der Waals surface area contributed by atoms with Crippen LogP contribution in [0.3, 0.4) is 0 Å². The minimum atomic E-state index is -0.141. The van der Waals surface area contributed by atoms with Gasteiger partial charge in [0.25, 0.3) is 5.91 Å². The van der Waals surface area contributed by atoms with E-state index in [2.05, 4.69) is 5.32 Å². The topological polar surface area (TPSA) is 73.6 Å². The highest BCUT2D eigenvalue weighted by molar-refractivity contribution is 5.96. The molecule has 0 aliphatic carbocycles. The lowest BCUT2D eigenvalue weighted by Gasteiger charge is -2.09. The highest BCUT2D eigenvalue weighted by Crippen LogP contribution is 2.32. The highest BCUT2D eigenvalue weighted by Gasteiger charge is 2.14. The summed E-state index contributed by atoms with van der Waals surface area (Å²) in [6.45, 7) is 2.55. The summed E-state index contributed by atoms with van der Waals surface area (Å²) >= 11 is 0. The van der Waals surface area contributed by atoms with Crippen molar-refractivity contribution in [3.05, 3.63) is 53.1 Å². The summed E-state index contributed by atoms with van der Waals surface area (Å²) in [5.74, 6) is 1.30. The molecule has 0 radical (unpaired) electrons. The van der Waals surface area contributed by atoms with Gasteiger partial charge in [0.15, 0.2) is 11.5 Å². The molecule has 0 bridgehead atoms. The van der Waals surface area contributed by atoms with Gasteiger partial charge < -0.3 is 20.5 Å². The molecule has 0 saturated carbocycles. The maximum Gasteiger partial charge on any atom is 0.251 e. The Labute approximate surface area is 122 Å². The Balaban J connectivity index is 1.70. The van der Waals surface area contributed by atoms with Gasteiger partial charge in [0.2, 0.25) is 6.79 Å². The smallest absolute Gasteiger partial charge is 0.251 e. The number of nitrogen functional groups attached to an aromatic ring is 1. The van der Waals surface area contributed by atoms with Crippen LogP contribution < -0.4 is 20.5 Å². The van der Waals surface area contributed by atoms with Gasteiger partial charge in [-0.05, 0) is 42.3 Å². The Morgan fingerprint density at radius 2 is 2.00 bits per heavy atom. The van der Waals surface area contributed by atoms with Gasteiger partial charge in [-0.2, -0.15) is 0 Å². The Bertz CT molecular complexity index is 698. The van der Waals surface area contributed by atoms with Crippen LogP contribution in [0.5, 0.6) is 11.5 Å². The van der Waals surface area contributed by atoms with Crippen LogP contribution in [0.25, 0.3) is 0 Å². The molecule has 5 nitrogen and oxygen atoms in total. The predicted octanol–water partition coefficient (Wildman–Crippen LogP) is 2.24. The number of nitrogens with one attached hydrogen (secondary N) is 1. The minimum absolute atomic E-state index is 0.141. The molecule has 1 heterocycles. The van der Waals surface area contributed by atoms with E-state index in [0.717, 1.165) is 16.9 Å². The van der Waals surface area contributed by atoms with Gasteiger partial charge in [-0.1, -0.05) is 12.1 Å². The van der Waals surface area contributed by atoms with Crippen LogP contribution in [-0.4, -0.2) is 12.7 Å². The molecule has 0 atom stereocenters. The maximum absolute atomic E-state index is 12.2. The second kappa shape index (κ2) is 5.36. The van der Waals surface area contributed by atoms with Crippen LogP contribution in [0.2, 0.25) is 0 Å². The number of carbonyl (C=O) groups is 1. The third-order valence-electron chi connectivity index (χ3n) is 3.40. The van der Waals surface area contributed by atoms with Crippen LogP contribution in [-0.2, 0) is 6.54 Å². The van der Waals surface area contributed by atoms with Crippen molar-refractivity contribution in [1.29, 1.82) is 0 Å². The minimum Gasteiger partial charge on any atom is -0.454 e. The SMILES string of the molecule is Cc1ccc(N)cc1C(=O)NCc1ccc2c(c1)OCO2. The van der Waals surface area contributed by atoms with Crippen molar-refractivity contribution >= 4 is 11.6 Å². The summed E-state index contributed by atoms with van der Waals surface area (Å²) in [6.07, 6.45) is 0. The van der Waals surface area contributed by atoms with Crippen molar-refractivity contribution in [1.82, 2.24) is 5.32 Å². The summed E-state index contributed by atoms with van der Waals surface area (Å²) in [5, 5.41) is 2.88. The third kappa shape index (κ3) is 2.76. The first-order valence-corrected chi connectivity index (χ1v) is 6.66. The van der Waals surface area contributed by atoms with E-state index in [4.69, 9.17) is 15.2 Å². The van der Waals surface area contributed by atoms with Crippen LogP contribution in [0.4, 0.5) is 5.69 Å². The number of nitrogens with two attached hydrogens (primary N) is 1. The van der Waals surface area contributed by atoms with E-state index >= 15 is 0 Å². The molecular formula is C16H16N2O3. The lowest BCUT2D eigenvalue weighted by molar-refractivity contribution is 0.0950. The average Bonchev–Trinajstić information content (AvgIpc) is 2.94. The van der Waals surface area contributed by atoms with Gasteiger partial charge >= 0.3 is 0 Å². The molecule has 0 spiro atoms. The van der Waals surface area contributed by atoms with Crippen molar-refractivity contribution < 1.29 is 14.3 Å². The monoisotopic (exact) mass is 284 g/mol. The highest BCUT2D eigenvalue weighted by atomic mass is 16.7. The van der Waals surface area contributed by atoms with Crippen LogP contribution in [0.15, 0.2) is 36.4 Å². The van der Waals surface area contributed by atoms with E-state index in [-0.39, 0.29) is 12.7 Å². The van der Waals surface area contributed by atoms with Gasteiger partial charge in [0, 0.05) is 17.8 Å². The van der Waals surface area contributed by atoms with Crippen molar-refractivity contribution in [3.8, 4) is 11.5 Å². The van der Waals surface area contributed by atoms with Gasteiger partial charge in [-0.15, -0.1) is 0 Å². The molecule has 1 amide bonds. The van der Waals surface area contributed by atoms with Gasteiger partial charge in [-0.3, -0.25) is 4.79 Å². The fraction of sp³-hybridized carbons (Fsp3) is 0.188. The number of ether oxygens (including phenoxy) is 2. The molecule has 2 aromatic carbocycles. The Hall–Kier alpha value is -2.69. The lowest BCUT2D eigenvalue weighted by atomic mass is 10.1. The molecule has 0 fully saturated rings. The predicted molar refractivity (Wildman–Crippen MR) is 79.3 cm³/mol. The largest absolute Gasteiger partial charge is 0.454 e. The van der Waals surface area contributed by atoms with Crippen LogP contribution in [0.1, 0.15) is 21.5 Å². The van der Waals surface area contributed by atoms with Crippen LogP contribution >= 0.6 is 0 Å². The van der Waals surface area contributed by atoms with E-state index in [0.29, 0.717) is 23.5 Å². The molecule has 0 saturated heterocycles. The molecule has 3 rings (SSSR count).